The van der Waals surface area contributed by atoms with Crippen molar-refractivity contribution < 1.29 is 0 Å². The van der Waals surface area contributed by atoms with Crippen LogP contribution >= 0.6 is 0 Å². The van der Waals surface area contributed by atoms with Crippen molar-refractivity contribution in [2.45, 2.75) is 57.9 Å². The Labute approximate surface area is 129 Å². The molecule has 2 aliphatic heterocycles. The van der Waals surface area contributed by atoms with Crippen LogP contribution in [0, 0.1) is 0 Å². The van der Waals surface area contributed by atoms with Gasteiger partial charge in [0.1, 0.15) is 5.82 Å². The van der Waals surface area contributed by atoms with Crippen LogP contribution in [0.5, 0.6) is 0 Å². The summed E-state index contributed by atoms with van der Waals surface area (Å²) in [5, 5.41) is 0. The fourth-order valence-electron chi connectivity index (χ4n) is 3.58. The summed E-state index contributed by atoms with van der Waals surface area (Å²) in [5.41, 5.74) is 1.51. The highest BCUT2D eigenvalue weighted by Gasteiger charge is 2.26. The van der Waals surface area contributed by atoms with Crippen molar-refractivity contribution in [3.63, 3.8) is 0 Å². The maximum Gasteiger partial charge on any atom is 0.128 e. The number of hydrogen-bond donors (Lipinski definition) is 0. The number of piperidine rings is 1. The molecule has 0 radical (unpaired) electrons. The van der Waals surface area contributed by atoms with Crippen molar-refractivity contribution >= 4 is 5.82 Å². The lowest BCUT2D eigenvalue weighted by Crippen LogP contribution is -2.44. The molecule has 3 nitrogen and oxygen atoms in total. The highest BCUT2D eigenvalue weighted by atomic mass is 15.2. The second-order valence-electron chi connectivity index (χ2n) is 7.62. The maximum atomic E-state index is 4.70. The Morgan fingerprint density at radius 1 is 1.00 bits per heavy atom. The molecule has 1 aromatic heterocycles. The number of hydrogen-bond acceptors (Lipinski definition) is 3. The highest BCUT2D eigenvalue weighted by Crippen LogP contribution is 2.26. The molecule has 2 fully saturated rings. The van der Waals surface area contributed by atoms with Crippen molar-refractivity contribution in [2.24, 2.45) is 0 Å². The van der Waals surface area contributed by atoms with Gasteiger partial charge in [-0.25, -0.2) is 4.98 Å². The summed E-state index contributed by atoms with van der Waals surface area (Å²) in [6.45, 7) is 11.7. The van der Waals surface area contributed by atoms with Gasteiger partial charge in [0.05, 0.1) is 0 Å². The molecule has 21 heavy (non-hydrogen) atoms. The van der Waals surface area contributed by atoms with Gasteiger partial charge in [0, 0.05) is 25.3 Å². The van der Waals surface area contributed by atoms with E-state index in [1.165, 1.54) is 44.3 Å². The third kappa shape index (κ3) is 3.39. The number of pyridine rings is 1. The molecule has 0 saturated carbocycles. The van der Waals surface area contributed by atoms with Gasteiger partial charge < -0.3 is 9.80 Å². The Hall–Kier alpha value is -1.09. The molecule has 0 aromatic carbocycles. The first-order chi connectivity index (χ1) is 10.0. The third-order valence-corrected chi connectivity index (χ3v) is 5.06. The van der Waals surface area contributed by atoms with Crippen LogP contribution in [0.25, 0.3) is 0 Å². The monoisotopic (exact) mass is 287 g/mol. The summed E-state index contributed by atoms with van der Waals surface area (Å²) in [6.07, 6.45) is 7.44. The number of aromatic nitrogens is 1. The first kappa shape index (κ1) is 14.8. The van der Waals surface area contributed by atoms with E-state index >= 15 is 0 Å². The molecule has 0 amide bonds. The summed E-state index contributed by atoms with van der Waals surface area (Å²) in [5.74, 6) is 1.16. The molecule has 0 aliphatic carbocycles. The second-order valence-corrected chi connectivity index (χ2v) is 7.62. The fourth-order valence-corrected chi connectivity index (χ4v) is 3.58. The molecule has 3 heterocycles. The van der Waals surface area contributed by atoms with Gasteiger partial charge in [-0.1, -0.05) is 26.8 Å². The lowest BCUT2D eigenvalue weighted by Gasteiger charge is -2.37. The Morgan fingerprint density at radius 3 is 2.19 bits per heavy atom. The lowest BCUT2D eigenvalue weighted by atomic mass is 9.88. The van der Waals surface area contributed by atoms with Gasteiger partial charge in [-0.3, -0.25) is 0 Å². The van der Waals surface area contributed by atoms with E-state index in [1.807, 2.05) is 0 Å². The van der Waals surface area contributed by atoms with Crippen LogP contribution in [0.4, 0.5) is 5.82 Å². The van der Waals surface area contributed by atoms with Gasteiger partial charge in [0.15, 0.2) is 0 Å². The quantitative estimate of drug-likeness (QED) is 0.830. The van der Waals surface area contributed by atoms with Crippen molar-refractivity contribution in [2.75, 3.05) is 31.1 Å². The van der Waals surface area contributed by atoms with Crippen molar-refractivity contribution in [3.05, 3.63) is 23.9 Å². The van der Waals surface area contributed by atoms with Gasteiger partial charge in [-0.05, 0) is 55.8 Å². The number of likely N-dealkylation sites (tertiary alicyclic amines) is 1. The zero-order valence-electron chi connectivity index (χ0n) is 13.8. The van der Waals surface area contributed by atoms with Gasteiger partial charge in [0.2, 0.25) is 0 Å². The van der Waals surface area contributed by atoms with Crippen LogP contribution < -0.4 is 4.90 Å². The molecule has 3 heteroatoms. The third-order valence-electron chi connectivity index (χ3n) is 5.06. The van der Waals surface area contributed by atoms with E-state index < -0.39 is 0 Å². The largest absolute Gasteiger partial charge is 0.357 e. The van der Waals surface area contributed by atoms with Crippen LogP contribution in [-0.4, -0.2) is 42.1 Å². The minimum Gasteiger partial charge on any atom is -0.357 e. The molecular formula is C18H29N3. The number of anilines is 1. The number of rotatable bonds is 2. The van der Waals surface area contributed by atoms with Crippen LogP contribution in [-0.2, 0) is 5.41 Å². The molecule has 0 unspecified atom stereocenters. The van der Waals surface area contributed by atoms with Crippen LogP contribution in [0.1, 0.15) is 52.0 Å². The average Bonchev–Trinajstić information content (AvgIpc) is 3.01. The maximum absolute atomic E-state index is 4.70. The zero-order chi connectivity index (χ0) is 14.9. The summed E-state index contributed by atoms with van der Waals surface area (Å²) >= 11 is 0. The van der Waals surface area contributed by atoms with Crippen molar-refractivity contribution in [1.82, 2.24) is 9.88 Å². The zero-order valence-corrected chi connectivity index (χ0v) is 13.8. The summed E-state index contributed by atoms with van der Waals surface area (Å²) in [7, 11) is 0. The van der Waals surface area contributed by atoms with Gasteiger partial charge in [-0.15, -0.1) is 0 Å². The van der Waals surface area contributed by atoms with E-state index in [1.54, 1.807) is 0 Å². The van der Waals surface area contributed by atoms with E-state index in [0.29, 0.717) is 0 Å². The molecule has 0 atom stereocenters. The van der Waals surface area contributed by atoms with Gasteiger partial charge >= 0.3 is 0 Å². The van der Waals surface area contributed by atoms with Crippen molar-refractivity contribution in [3.8, 4) is 0 Å². The fraction of sp³-hybridized carbons (Fsp3) is 0.722. The topological polar surface area (TPSA) is 19.4 Å². The molecule has 0 N–H and O–H groups in total. The molecule has 2 aliphatic rings. The van der Waals surface area contributed by atoms with Crippen LogP contribution in [0.2, 0.25) is 0 Å². The molecular weight excluding hydrogens is 258 g/mol. The molecule has 2 saturated heterocycles. The van der Waals surface area contributed by atoms with Crippen LogP contribution in [0.15, 0.2) is 18.3 Å². The minimum atomic E-state index is 0.189. The Morgan fingerprint density at radius 2 is 1.67 bits per heavy atom. The normalized spacial score (nSPS) is 22.0. The smallest absolute Gasteiger partial charge is 0.128 e. The molecule has 116 valence electrons. The molecule has 0 spiro atoms. The van der Waals surface area contributed by atoms with E-state index in [2.05, 4.69) is 48.9 Å². The summed E-state index contributed by atoms with van der Waals surface area (Å²) in [4.78, 5) is 9.86. The first-order valence-electron chi connectivity index (χ1n) is 8.49. The van der Waals surface area contributed by atoms with E-state index in [4.69, 9.17) is 4.98 Å². The highest BCUT2D eigenvalue weighted by molar-refractivity contribution is 5.41. The average molecular weight is 287 g/mol. The Kier molecular flexibility index (Phi) is 4.21. The number of nitrogens with zero attached hydrogens (tertiary/aromatic N) is 3. The second kappa shape index (κ2) is 5.96. The van der Waals surface area contributed by atoms with Gasteiger partial charge in [-0.2, -0.15) is 0 Å². The SMILES string of the molecule is CC(C)(C)c1ccc(N2CCC(N3CCCC3)CC2)nc1. The summed E-state index contributed by atoms with van der Waals surface area (Å²) in [6, 6.07) is 5.27. The first-order valence-corrected chi connectivity index (χ1v) is 8.49. The molecule has 1 aromatic rings. The Balaban J connectivity index is 1.59. The molecule has 3 rings (SSSR count). The standard InChI is InChI=1S/C18H29N3/c1-18(2,3)15-6-7-17(19-14-15)21-12-8-16(9-13-21)20-10-4-5-11-20/h6-7,14,16H,4-5,8-13H2,1-3H3. The Bertz CT molecular complexity index is 446. The predicted octanol–water partition coefficient (Wildman–Crippen LogP) is 3.44. The summed E-state index contributed by atoms with van der Waals surface area (Å²) < 4.78 is 0. The van der Waals surface area contributed by atoms with E-state index in [-0.39, 0.29) is 5.41 Å². The predicted molar refractivity (Wildman–Crippen MR) is 89.0 cm³/mol. The molecule has 0 bridgehead atoms. The van der Waals surface area contributed by atoms with E-state index in [9.17, 15) is 0 Å². The van der Waals surface area contributed by atoms with Gasteiger partial charge in [0.25, 0.3) is 0 Å². The van der Waals surface area contributed by atoms with Crippen molar-refractivity contribution in [1.29, 1.82) is 0 Å². The minimum absolute atomic E-state index is 0.189. The van der Waals surface area contributed by atoms with Crippen LogP contribution in [0.3, 0.4) is 0 Å². The lowest BCUT2D eigenvalue weighted by molar-refractivity contribution is 0.207. The van der Waals surface area contributed by atoms with E-state index in [0.717, 1.165) is 24.9 Å².